The Bertz CT molecular complexity index is 222. The molecule has 0 spiro atoms. The Hall–Kier alpha value is -1.36. The minimum Gasteiger partial charge on any atom is -0.380 e. The number of imide groups is 1. The summed E-state index contributed by atoms with van der Waals surface area (Å²) in [5, 5.41) is 5.39. The van der Waals surface area contributed by atoms with Gasteiger partial charge in [-0.1, -0.05) is 0 Å². The van der Waals surface area contributed by atoms with Crippen LogP contribution in [0.4, 0.5) is 4.79 Å². The SMILES string of the molecule is COCC1=C[N]C(=O)NC1=O. The van der Waals surface area contributed by atoms with Gasteiger partial charge >= 0.3 is 6.03 Å². The van der Waals surface area contributed by atoms with Crippen molar-refractivity contribution in [2.45, 2.75) is 0 Å². The molecule has 3 amide bonds. The first kappa shape index (κ1) is 7.74. The molecular weight excluding hydrogens is 148 g/mol. The summed E-state index contributed by atoms with van der Waals surface area (Å²) < 4.78 is 4.69. The van der Waals surface area contributed by atoms with Gasteiger partial charge in [0.05, 0.1) is 12.2 Å². The Labute approximate surface area is 63.4 Å². The maximum Gasteiger partial charge on any atom is 0.347 e. The maximum atomic E-state index is 10.9. The summed E-state index contributed by atoms with van der Waals surface area (Å²) in [6, 6.07) is -0.630. The van der Waals surface area contributed by atoms with Crippen LogP contribution in [-0.2, 0) is 9.53 Å². The van der Waals surface area contributed by atoms with E-state index in [2.05, 4.69) is 10.1 Å². The highest BCUT2D eigenvalue weighted by Gasteiger charge is 2.18. The number of rotatable bonds is 2. The lowest BCUT2D eigenvalue weighted by atomic mass is 10.2. The number of hydrogen-bond donors (Lipinski definition) is 1. The van der Waals surface area contributed by atoms with Gasteiger partial charge < -0.3 is 4.74 Å². The second kappa shape index (κ2) is 3.16. The molecule has 1 N–H and O–H groups in total. The highest BCUT2D eigenvalue weighted by Crippen LogP contribution is 1.98. The molecule has 5 heteroatoms. The van der Waals surface area contributed by atoms with Crippen molar-refractivity contribution in [3.05, 3.63) is 11.8 Å². The molecule has 0 aromatic heterocycles. The Balaban J connectivity index is 2.64. The average Bonchev–Trinajstić information content (AvgIpc) is 1.95. The normalized spacial score (nSPS) is 17.0. The van der Waals surface area contributed by atoms with Crippen molar-refractivity contribution in [1.82, 2.24) is 10.6 Å². The van der Waals surface area contributed by atoms with Gasteiger partial charge in [0.25, 0.3) is 5.91 Å². The van der Waals surface area contributed by atoms with Crippen molar-refractivity contribution < 1.29 is 14.3 Å². The van der Waals surface area contributed by atoms with Crippen molar-refractivity contribution in [2.75, 3.05) is 13.7 Å². The molecule has 1 heterocycles. The molecule has 1 rings (SSSR count). The van der Waals surface area contributed by atoms with Gasteiger partial charge in [0.1, 0.15) is 0 Å². The molecule has 1 aliphatic heterocycles. The van der Waals surface area contributed by atoms with Gasteiger partial charge in [0.2, 0.25) is 0 Å². The van der Waals surface area contributed by atoms with Crippen LogP contribution in [0.15, 0.2) is 11.8 Å². The van der Waals surface area contributed by atoms with Gasteiger partial charge in [-0.15, -0.1) is 0 Å². The third kappa shape index (κ3) is 1.78. The molecule has 0 bridgehead atoms. The fraction of sp³-hybridized carbons (Fsp3) is 0.333. The van der Waals surface area contributed by atoms with E-state index >= 15 is 0 Å². The lowest BCUT2D eigenvalue weighted by Gasteiger charge is -2.10. The molecule has 5 nitrogen and oxygen atoms in total. The standard InChI is InChI=1S/C6H7N2O3/c1-11-3-4-2-7-6(10)8-5(4)9/h2H,3H2,1H3,(H,8,9,10). The summed E-state index contributed by atoms with van der Waals surface area (Å²) in [6.45, 7) is 0.169. The molecule has 0 aliphatic carbocycles. The fourth-order valence-electron chi connectivity index (χ4n) is 0.663. The average molecular weight is 155 g/mol. The van der Waals surface area contributed by atoms with Crippen LogP contribution in [0.2, 0.25) is 0 Å². The zero-order chi connectivity index (χ0) is 8.27. The quantitative estimate of drug-likeness (QED) is 0.577. The minimum absolute atomic E-state index is 0.169. The summed E-state index contributed by atoms with van der Waals surface area (Å²) >= 11 is 0. The maximum absolute atomic E-state index is 10.9. The van der Waals surface area contributed by atoms with E-state index in [0.717, 1.165) is 0 Å². The number of ether oxygens (including phenoxy) is 1. The topological polar surface area (TPSA) is 69.5 Å². The molecular formula is C6H7N2O3. The number of urea groups is 1. The molecule has 11 heavy (non-hydrogen) atoms. The van der Waals surface area contributed by atoms with E-state index in [4.69, 9.17) is 0 Å². The number of methoxy groups -OCH3 is 1. The van der Waals surface area contributed by atoms with Crippen LogP contribution in [0.1, 0.15) is 0 Å². The Morgan fingerprint density at radius 3 is 2.91 bits per heavy atom. The fourth-order valence-corrected chi connectivity index (χ4v) is 0.663. The van der Waals surface area contributed by atoms with Crippen molar-refractivity contribution >= 4 is 11.9 Å². The van der Waals surface area contributed by atoms with Crippen molar-refractivity contribution in [3.63, 3.8) is 0 Å². The Morgan fingerprint density at radius 2 is 2.36 bits per heavy atom. The molecule has 59 valence electrons. The monoisotopic (exact) mass is 155 g/mol. The van der Waals surface area contributed by atoms with Crippen molar-refractivity contribution in [2.24, 2.45) is 0 Å². The van der Waals surface area contributed by atoms with Gasteiger partial charge in [0, 0.05) is 13.3 Å². The lowest BCUT2D eigenvalue weighted by Crippen LogP contribution is -2.40. The molecule has 0 atom stereocenters. The minimum atomic E-state index is -0.630. The molecule has 0 aromatic carbocycles. The van der Waals surface area contributed by atoms with Crippen LogP contribution < -0.4 is 10.6 Å². The zero-order valence-electron chi connectivity index (χ0n) is 5.96. The Morgan fingerprint density at radius 1 is 1.64 bits per heavy atom. The third-order valence-corrected chi connectivity index (χ3v) is 1.15. The highest BCUT2D eigenvalue weighted by molar-refractivity contribution is 6.06. The second-order valence-electron chi connectivity index (χ2n) is 1.98. The number of carbonyl (C=O) groups excluding carboxylic acids is 2. The molecule has 0 fully saturated rings. The smallest absolute Gasteiger partial charge is 0.347 e. The predicted molar refractivity (Wildman–Crippen MR) is 35.6 cm³/mol. The van der Waals surface area contributed by atoms with Gasteiger partial charge in [-0.05, 0) is 0 Å². The van der Waals surface area contributed by atoms with Gasteiger partial charge in [-0.3, -0.25) is 10.1 Å². The van der Waals surface area contributed by atoms with E-state index in [9.17, 15) is 9.59 Å². The number of amides is 3. The van der Waals surface area contributed by atoms with Gasteiger partial charge in [-0.25, -0.2) is 10.1 Å². The second-order valence-corrected chi connectivity index (χ2v) is 1.98. The predicted octanol–water partition coefficient (Wildman–Crippen LogP) is -0.629. The van der Waals surface area contributed by atoms with E-state index in [1.54, 1.807) is 0 Å². The van der Waals surface area contributed by atoms with Crippen LogP contribution in [-0.4, -0.2) is 25.7 Å². The van der Waals surface area contributed by atoms with Crippen molar-refractivity contribution in [1.29, 1.82) is 0 Å². The number of nitrogens with zero attached hydrogens (tertiary/aromatic N) is 1. The molecule has 0 aromatic rings. The van der Waals surface area contributed by atoms with E-state index < -0.39 is 11.9 Å². The third-order valence-electron chi connectivity index (χ3n) is 1.15. The molecule has 0 saturated carbocycles. The van der Waals surface area contributed by atoms with Crippen molar-refractivity contribution in [3.8, 4) is 0 Å². The van der Waals surface area contributed by atoms with Crippen LogP contribution in [0.25, 0.3) is 0 Å². The first-order valence-corrected chi connectivity index (χ1v) is 2.98. The van der Waals surface area contributed by atoms with Gasteiger partial charge in [-0.2, -0.15) is 0 Å². The number of hydrogen-bond acceptors (Lipinski definition) is 3. The van der Waals surface area contributed by atoms with E-state index in [0.29, 0.717) is 5.57 Å². The summed E-state index contributed by atoms with van der Waals surface area (Å²) in [6.07, 6.45) is 1.21. The first-order chi connectivity index (χ1) is 5.24. The summed E-state index contributed by atoms with van der Waals surface area (Å²) in [7, 11) is 1.46. The zero-order valence-corrected chi connectivity index (χ0v) is 5.96. The Kier molecular flexibility index (Phi) is 2.22. The largest absolute Gasteiger partial charge is 0.380 e. The summed E-state index contributed by atoms with van der Waals surface area (Å²) in [5.74, 6) is -0.438. The lowest BCUT2D eigenvalue weighted by molar-refractivity contribution is -0.117. The summed E-state index contributed by atoms with van der Waals surface area (Å²) in [4.78, 5) is 21.3. The van der Waals surface area contributed by atoms with Crippen LogP contribution in [0, 0.1) is 0 Å². The highest BCUT2D eigenvalue weighted by atomic mass is 16.5. The van der Waals surface area contributed by atoms with Crippen LogP contribution in [0.5, 0.6) is 0 Å². The molecule has 1 aliphatic rings. The molecule has 0 saturated heterocycles. The van der Waals surface area contributed by atoms with Crippen LogP contribution in [0.3, 0.4) is 0 Å². The first-order valence-electron chi connectivity index (χ1n) is 2.98. The number of carbonyl (C=O) groups is 2. The van der Waals surface area contributed by atoms with Crippen LogP contribution >= 0.6 is 0 Å². The van der Waals surface area contributed by atoms with E-state index in [1.165, 1.54) is 13.3 Å². The summed E-state index contributed by atoms with van der Waals surface area (Å²) in [5.41, 5.74) is 0.354. The van der Waals surface area contributed by atoms with E-state index in [-0.39, 0.29) is 6.61 Å². The number of nitrogens with one attached hydrogen (secondary N) is 1. The van der Waals surface area contributed by atoms with Gasteiger partial charge in [0.15, 0.2) is 0 Å². The molecule has 0 unspecified atom stereocenters. The van der Waals surface area contributed by atoms with E-state index in [1.807, 2.05) is 5.32 Å². The molecule has 1 radical (unpaired) electrons.